The van der Waals surface area contributed by atoms with Crippen LogP contribution in [0, 0.1) is 5.82 Å². The quantitative estimate of drug-likeness (QED) is 0.910. The summed E-state index contributed by atoms with van der Waals surface area (Å²) in [7, 11) is 1.62. The van der Waals surface area contributed by atoms with Crippen LogP contribution in [0.25, 0.3) is 0 Å². The lowest BCUT2D eigenvalue weighted by Gasteiger charge is -2.41. The summed E-state index contributed by atoms with van der Waals surface area (Å²) in [6.07, 6.45) is 2.10. The Morgan fingerprint density at radius 3 is 2.61 bits per heavy atom. The van der Waals surface area contributed by atoms with Crippen LogP contribution >= 0.6 is 0 Å². The number of hydrogen-bond acceptors (Lipinski definition) is 4. The Labute approximate surface area is 135 Å². The Balaban J connectivity index is 1.68. The topological polar surface area (TPSA) is 53.0 Å². The van der Waals surface area contributed by atoms with Crippen molar-refractivity contribution in [2.24, 2.45) is 0 Å². The van der Waals surface area contributed by atoms with Crippen molar-refractivity contribution in [2.45, 2.75) is 30.9 Å². The summed E-state index contributed by atoms with van der Waals surface area (Å²) in [4.78, 5) is 16.4. The third-order valence-corrected chi connectivity index (χ3v) is 5.19. The fraction of sp³-hybridized carbons (Fsp3) is 0.588. The number of benzene rings is 1. The highest BCUT2D eigenvalue weighted by molar-refractivity contribution is 5.99. The van der Waals surface area contributed by atoms with Crippen molar-refractivity contribution in [1.29, 1.82) is 0 Å². The number of para-hydroxylation sites is 1. The maximum absolute atomic E-state index is 13.9. The molecule has 1 aromatic carbocycles. The van der Waals surface area contributed by atoms with Gasteiger partial charge in [-0.15, -0.1) is 0 Å². The molecule has 0 radical (unpaired) electrons. The van der Waals surface area contributed by atoms with Crippen LogP contribution in [0.1, 0.15) is 19.3 Å². The van der Waals surface area contributed by atoms with Gasteiger partial charge < -0.3 is 14.7 Å². The first kappa shape index (κ1) is 16.4. The zero-order chi connectivity index (χ0) is 16.4. The van der Waals surface area contributed by atoms with Gasteiger partial charge in [0.1, 0.15) is 5.82 Å². The third kappa shape index (κ3) is 2.98. The van der Waals surface area contributed by atoms with Crippen LogP contribution in [0.4, 0.5) is 10.1 Å². The Morgan fingerprint density at radius 1 is 1.30 bits per heavy atom. The Hall–Kier alpha value is -1.50. The lowest BCUT2D eigenvalue weighted by Crippen LogP contribution is -2.52. The van der Waals surface area contributed by atoms with Crippen LogP contribution in [0.2, 0.25) is 0 Å². The van der Waals surface area contributed by atoms with E-state index in [2.05, 4.69) is 4.90 Å². The molecule has 2 heterocycles. The number of anilines is 1. The summed E-state index contributed by atoms with van der Waals surface area (Å²) < 4.78 is 19.4. The maximum atomic E-state index is 13.9. The molecule has 2 aliphatic heterocycles. The van der Waals surface area contributed by atoms with Crippen LogP contribution in [-0.2, 0) is 9.53 Å². The fourth-order valence-electron chi connectivity index (χ4n) is 3.58. The third-order valence-electron chi connectivity index (χ3n) is 5.19. The molecule has 5 nitrogen and oxygen atoms in total. The number of piperidine rings is 1. The van der Waals surface area contributed by atoms with Crippen LogP contribution < -0.4 is 4.90 Å². The molecule has 3 rings (SSSR count). The van der Waals surface area contributed by atoms with Crippen molar-refractivity contribution >= 4 is 11.6 Å². The second-order valence-corrected chi connectivity index (χ2v) is 6.33. The van der Waals surface area contributed by atoms with Crippen molar-refractivity contribution in [3.05, 3.63) is 30.1 Å². The molecular weight excluding hydrogens is 299 g/mol. The molecule has 23 heavy (non-hydrogen) atoms. The van der Waals surface area contributed by atoms with E-state index in [-0.39, 0.29) is 24.4 Å². The molecule has 1 atom stereocenters. The number of likely N-dealkylation sites (tertiary alicyclic amines) is 1. The van der Waals surface area contributed by atoms with Crippen molar-refractivity contribution in [3.8, 4) is 0 Å². The highest BCUT2D eigenvalue weighted by Gasteiger charge is 2.42. The number of rotatable bonds is 4. The van der Waals surface area contributed by atoms with Gasteiger partial charge in [-0.1, -0.05) is 12.1 Å². The van der Waals surface area contributed by atoms with E-state index in [9.17, 15) is 14.3 Å². The first-order valence-corrected chi connectivity index (χ1v) is 8.06. The summed E-state index contributed by atoms with van der Waals surface area (Å²) in [5, 5.41) is 9.51. The smallest absolute Gasteiger partial charge is 0.244 e. The SMILES string of the molecule is COC1(CO)CCN(C2CCN(c3ccccc3F)C2=O)CC1. The monoisotopic (exact) mass is 322 g/mol. The minimum absolute atomic E-state index is 0.00267. The van der Waals surface area contributed by atoms with Gasteiger partial charge in [-0.05, 0) is 31.4 Å². The van der Waals surface area contributed by atoms with Gasteiger partial charge in [0.25, 0.3) is 0 Å². The van der Waals surface area contributed by atoms with Crippen molar-refractivity contribution in [2.75, 3.05) is 38.3 Å². The minimum Gasteiger partial charge on any atom is -0.393 e. The van der Waals surface area contributed by atoms with Gasteiger partial charge in [0.05, 0.1) is 23.9 Å². The normalized spacial score (nSPS) is 25.1. The number of nitrogens with zero attached hydrogens (tertiary/aromatic N) is 2. The molecule has 0 saturated carbocycles. The zero-order valence-electron chi connectivity index (χ0n) is 13.4. The second kappa shape index (κ2) is 6.55. The lowest BCUT2D eigenvalue weighted by atomic mass is 9.91. The number of amides is 1. The number of methoxy groups -OCH3 is 1. The number of aliphatic hydroxyl groups is 1. The van der Waals surface area contributed by atoms with E-state index in [0.717, 1.165) is 0 Å². The molecule has 2 fully saturated rings. The van der Waals surface area contributed by atoms with E-state index in [1.807, 2.05) is 0 Å². The molecule has 1 unspecified atom stereocenters. The molecule has 0 aliphatic carbocycles. The van der Waals surface area contributed by atoms with Gasteiger partial charge >= 0.3 is 0 Å². The summed E-state index contributed by atoms with van der Waals surface area (Å²) in [6, 6.07) is 6.19. The molecule has 1 aromatic rings. The molecular formula is C17H23FN2O3. The van der Waals surface area contributed by atoms with Gasteiger partial charge in [0, 0.05) is 26.7 Å². The summed E-state index contributed by atoms with van der Waals surface area (Å²) >= 11 is 0. The minimum atomic E-state index is -0.483. The van der Waals surface area contributed by atoms with Crippen molar-refractivity contribution in [1.82, 2.24) is 4.90 Å². The molecule has 0 spiro atoms. The van der Waals surface area contributed by atoms with Crippen molar-refractivity contribution in [3.63, 3.8) is 0 Å². The number of carbonyl (C=O) groups excluding carboxylic acids is 1. The van der Waals surface area contributed by atoms with Crippen molar-refractivity contribution < 1.29 is 19.0 Å². The molecule has 0 bridgehead atoms. The molecule has 2 saturated heterocycles. The van der Waals surface area contributed by atoms with Crippen LogP contribution in [0.3, 0.4) is 0 Å². The Kier molecular flexibility index (Phi) is 4.66. The highest BCUT2D eigenvalue weighted by atomic mass is 19.1. The van der Waals surface area contributed by atoms with Gasteiger partial charge in [-0.3, -0.25) is 9.69 Å². The molecule has 1 N–H and O–H groups in total. The molecule has 1 amide bonds. The largest absolute Gasteiger partial charge is 0.393 e. The zero-order valence-corrected chi connectivity index (χ0v) is 13.4. The van der Waals surface area contributed by atoms with Crippen LogP contribution in [-0.4, -0.2) is 60.9 Å². The molecule has 0 aromatic heterocycles. The first-order chi connectivity index (χ1) is 11.1. The number of aliphatic hydroxyl groups excluding tert-OH is 1. The van der Waals surface area contributed by atoms with E-state index in [1.54, 1.807) is 30.2 Å². The van der Waals surface area contributed by atoms with Gasteiger partial charge in [0.2, 0.25) is 5.91 Å². The number of ether oxygens (including phenoxy) is 1. The average molecular weight is 322 g/mol. The fourth-order valence-corrected chi connectivity index (χ4v) is 3.58. The Morgan fingerprint density at radius 2 is 2.00 bits per heavy atom. The Bertz CT molecular complexity index is 567. The van der Waals surface area contributed by atoms with E-state index < -0.39 is 5.60 Å². The van der Waals surface area contributed by atoms with Gasteiger partial charge in [-0.2, -0.15) is 0 Å². The van der Waals surface area contributed by atoms with E-state index >= 15 is 0 Å². The number of carbonyl (C=O) groups is 1. The predicted octanol–water partition coefficient (Wildman–Crippen LogP) is 1.40. The summed E-state index contributed by atoms with van der Waals surface area (Å²) in [5.74, 6) is -0.400. The highest BCUT2D eigenvalue weighted by Crippen LogP contribution is 2.31. The van der Waals surface area contributed by atoms with Crippen LogP contribution in [0.5, 0.6) is 0 Å². The van der Waals surface area contributed by atoms with Gasteiger partial charge in [-0.25, -0.2) is 4.39 Å². The van der Waals surface area contributed by atoms with E-state index in [1.165, 1.54) is 6.07 Å². The second-order valence-electron chi connectivity index (χ2n) is 6.33. The molecule has 126 valence electrons. The first-order valence-electron chi connectivity index (χ1n) is 8.06. The van der Waals surface area contributed by atoms with Crippen LogP contribution in [0.15, 0.2) is 24.3 Å². The number of halogens is 1. The number of hydrogen-bond donors (Lipinski definition) is 1. The summed E-state index contributed by atoms with van der Waals surface area (Å²) in [5.41, 5.74) is -0.123. The maximum Gasteiger partial charge on any atom is 0.244 e. The van der Waals surface area contributed by atoms with Gasteiger partial charge in [0.15, 0.2) is 0 Å². The molecule has 6 heteroatoms. The molecule has 2 aliphatic rings. The lowest BCUT2D eigenvalue weighted by molar-refractivity contribution is -0.126. The standard InChI is InChI=1S/C17H23FN2O3/c1-23-17(12-21)7-10-19(11-8-17)15-6-9-20(16(15)22)14-5-3-2-4-13(14)18/h2-5,15,21H,6-12H2,1H3. The average Bonchev–Trinajstić information content (AvgIpc) is 2.97. The van der Waals surface area contributed by atoms with E-state index in [0.29, 0.717) is 44.6 Å². The predicted molar refractivity (Wildman–Crippen MR) is 84.8 cm³/mol. The van der Waals surface area contributed by atoms with E-state index in [4.69, 9.17) is 4.74 Å². The summed E-state index contributed by atoms with van der Waals surface area (Å²) in [6.45, 7) is 1.94.